The molecule has 0 N–H and O–H groups in total. The number of nitrogens with zero attached hydrogens (tertiary/aromatic N) is 2. The molecule has 90 valence electrons. The molecule has 2 heteroatoms. The predicted octanol–water partition coefficient (Wildman–Crippen LogP) is 3.38. The van der Waals surface area contributed by atoms with E-state index in [2.05, 4.69) is 31.0 Å². The van der Waals surface area contributed by atoms with Gasteiger partial charge in [-0.1, -0.05) is 13.8 Å². The van der Waals surface area contributed by atoms with Crippen LogP contribution in [0.1, 0.15) is 74.4 Å². The van der Waals surface area contributed by atoms with Gasteiger partial charge < -0.3 is 0 Å². The molecule has 0 unspecified atom stereocenters. The van der Waals surface area contributed by atoms with Crippen molar-refractivity contribution in [2.45, 2.75) is 69.6 Å². The molecular weight excluding hydrogens is 208 g/mol. The topological polar surface area (TPSA) is 25.8 Å². The van der Waals surface area contributed by atoms with Crippen LogP contribution in [0.3, 0.4) is 0 Å². The van der Waals surface area contributed by atoms with Crippen LogP contribution in [0.4, 0.5) is 0 Å². The average Bonchev–Trinajstić information content (AvgIpc) is 3.01. The Morgan fingerprint density at radius 2 is 1.76 bits per heavy atom. The van der Waals surface area contributed by atoms with Gasteiger partial charge in [-0.3, -0.25) is 0 Å². The fraction of sp³-hybridized carbons (Fsp3) is 0.733. The van der Waals surface area contributed by atoms with E-state index in [4.69, 9.17) is 0 Å². The van der Waals surface area contributed by atoms with Gasteiger partial charge in [0.15, 0.2) is 0 Å². The number of aromatic nitrogens is 2. The van der Waals surface area contributed by atoms with E-state index in [0.29, 0.717) is 10.8 Å². The third-order valence-corrected chi connectivity index (χ3v) is 5.40. The first kappa shape index (κ1) is 10.0. The highest BCUT2D eigenvalue weighted by Crippen LogP contribution is 2.61. The molecular formula is C15H20N2. The summed E-state index contributed by atoms with van der Waals surface area (Å²) in [7, 11) is 0. The number of fused-ring (bicyclic) bond motifs is 5. The van der Waals surface area contributed by atoms with E-state index in [1.807, 2.05) is 0 Å². The predicted molar refractivity (Wildman–Crippen MR) is 67.3 cm³/mol. The monoisotopic (exact) mass is 228 g/mol. The first-order chi connectivity index (χ1) is 8.04. The molecule has 2 atom stereocenters. The summed E-state index contributed by atoms with van der Waals surface area (Å²) in [5, 5.41) is 9.19. The zero-order valence-corrected chi connectivity index (χ0v) is 11.0. The molecule has 1 heterocycles. The highest BCUT2D eigenvalue weighted by molar-refractivity contribution is 5.50. The zero-order chi connectivity index (χ0) is 11.8. The van der Waals surface area contributed by atoms with Gasteiger partial charge in [0, 0.05) is 11.3 Å². The SMILES string of the molecule is Cc1c(C2CC2)nnc2c1[C@]1(C)CC[C@@]2(C)C1. The van der Waals surface area contributed by atoms with Crippen molar-refractivity contribution in [2.24, 2.45) is 0 Å². The number of hydrogen-bond acceptors (Lipinski definition) is 2. The van der Waals surface area contributed by atoms with Crippen molar-refractivity contribution in [3.05, 3.63) is 22.5 Å². The first-order valence-corrected chi connectivity index (χ1v) is 6.92. The molecule has 0 saturated heterocycles. The summed E-state index contributed by atoms with van der Waals surface area (Å²) in [6, 6.07) is 0. The van der Waals surface area contributed by atoms with E-state index in [9.17, 15) is 0 Å². The number of rotatable bonds is 1. The van der Waals surface area contributed by atoms with Crippen LogP contribution in [-0.4, -0.2) is 10.2 Å². The van der Waals surface area contributed by atoms with E-state index in [-0.39, 0.29) is 0 Å². The lowest BCUT2D eigenvalue weighted by atomic mass is 9.78. The Kier molecular flexibility index (Phi) is 1.61. The fourth-order valence-electron chi connectivity index (χ4n) is 4.45. The Bertz CT molecular complexity index is 518. The van der Waals surface area contributed by atoms with Crippen molar-refractivity contribution in [1.29, 1.82) is 0 Å². The van der Waals surface area contributed by atoms with Crippen LogP contribution < -0.4 is 0 Å². The normalized spacial score (nSPS) is 38.5. The quantitative estimate of drug-likeness (QED) is 0.736. The molecule has 0 spiro atoms. The maximum absolute atomic E-state index is 4.63. The van der Waals surface area contributed by atoms with Crippen molar-refractivity contribution >= 4 is 0 Å². The largest absolute Gasteiger partial charge is 0.155 e. The standard InChI is InChI=1S/C15H20N2/c1-9-11-13(17-16-12(9)10-4-5-10)15(3)7-6-14(11,2)8-15/h10H,4-8H2,1-3H3/t14-,15+/m1/s1. The molecule has 2 saturated carbocycles. The third-order valence-electron chi connectivity index (χ3n) is 5.40. The summed E-state index contributed by atoms with van der Waals surface area (Å²) in [5.74, 6) is 0.725. The first-order valence-electron chi connectivity index (χ1n) is 6.92. The molecule has 1 aromatic rings. The second-order valence-corrected chi connectivity index (χ2v) is 7.01. The molecule has 3 aliphatic carbocycles. The summed E-state index contributed by atoms with van der Waals surface area (Å²) >= 11 is 0. The molecule has 0 aliphatic heterocycles. The smallest absolute Gasteiger partial charge is 0.0730 e. The van der Waals surface area contributed by atoms with Crippen molar-refractivity contribution in [3.63, 3.8) is 0 Å². The van der Waals surface area contributed by atoms with Crippen LogP contribution in [-0.2, 0) is 10.8 Å². The molecule has 0 radical (unpaired) electrons. The van der Waals surface area contributed by atoms with Crippen molar-refractivity contribution < 1.29 is 0 Å². The van der Waals surface area contributed by atoms with E-state index in [0.717, 1.165) is 5.92 Å². The maximum atomic E-state index is 4.63. The van der Waals surface area contributed by atoms with Gasteiger partial charge in [-0.15, -0.1) is 0 Å². The van der Waals surface area contributed by atoms with Gasteiger partial charge in [-0.05, 0) is 55.6 Å². The lowest BCUT2D eigenvalue weighted by Gasteiger charge is -2.28. The van der Waals surface area contributed by atoms with Crippen LogP contribution in [0, 0.1) is 6.92 Å². The summed E-state index contributed by atoms with van der Waals surface area (Å²) in [4.78, 5) is 0. The summed E-state index contributed by atoms with van der Waals surface area (Å²) in [6.45, 7) is 7.11. The van der Waals surface area contributed by atoms with Crippen LogP contribution in [0.5, 0.6) is 0 Å². The molecule has 0 aromatic carbocycles. The average molecular weight is 228 g/mol. The molecule has 3 aliphatic rings. The van der Waals surface area contributed by atoms with Gasteiger partial charge in [0.2, 0.25) is 0 Å². The van der Waals surface area contributed by atoms with Gasteiger partial charge >= 0.3 is 0 Å². The lowest BCUT2D eigenvalue weighted by Crippen LogP contribution is -2.23. The molecule has 0 amide bonds. The molecule has 2 fully saturated rings. The van der Waals surface area contributed by atoms with Gasteiger partial charge in [0.1, 0.15) is 0 Å². The molecule has 2 nitrogen and oxygen atoms in total. The van der Waals surface area contributed by atoms with Crippen LogP contribution in [0.15, 0.2) is 0 Å². The Hall–Kier alpha value is -0.920. The van der Waals surface area contributed by atoms with E-state index in [1.165, 1.54) is 49.1 Å². The lowest BCUT2D eigenvalue weighted by molar-refractivity contribution is 0.475. The second kappa shape index (κ2) is 2.73. The Morgan fingerprint density at radius 1 is 1.06 bits per heavy atom. The van der Waals surface area contributed by atoms with Crippen molar-refractivity contribution in [2.75, 3.05) is 0 Å². The van der Waals surface area contributed by atoms with Crippen molar-refractivity contribution in [1.82, 2.24) is 10.2 Å². The van der Waals surface area contributed by atoms with Crippen LogP contribution in [0.25, 0.3) is 0 Å². The molecule has 2 bridgehead atoms. The Labute approximate surface area is 103 Å². The fourth-order valence-corrected chi connectivity index (χ4v) is 4.45. The third kappa shape index (κ3) is 1.12. The van der Waals surface area contributed by atoms with Gasteiger partial charge in [-0.2, -0.15) is 10.2 Å². The van der Waals surface area contributed by atoms with E-state index in [1.54, 1.807) is 5.56 Å². The minimum absolute atomic E-state index is 0.323. The molecule has 4 rings (SSSR count). The summed E-state index contributed by atoms with van der Waals surface area (Å²) < 4.78 is 0. The summed E-state index contributed by atoms with van der Waals surface area (Å²) in [6.07, 6.45) is 6.57. The maximum Gasteiger partial charge on any atom is 0.0730 e. The second-order valence-electron chi connectivity index (χ2n) is 7.01. The van der Waals surface area contributed by atoms with Crippen LogP contribution >= 0.6 is 0 Å². The van der Waals surface area contributed by atoms with Crippen molar-refractivity contribution in [3.8, 4) is 0 Å². The molecule has 1 aromatic heterocycles. The minimum Gasteiger partial charge on any atom is -0.155 e. The van der Waals surface area contributed by atoms with E-state index >= 15 is 0 Å². The summed E-state index contributed by atoms with van der Waals surface area (Å²) in [5.41, 5.74) is 6.40. The number of hydrogen-bond donors (Lipinski definition) is 0. The van der Waals surface area contributed by atoms with Gasteiger partial charge in [0.05, 0.1) is 11.4 Å². The van der Waals surface area contributed by atoms with Crippen LogP contribution in [0.2, 0.25) is 0 Å². The highest BCUT2D eigenvalue weighted by atomic mass is 15.1. The Balaban J connectivity index is 1.98. The minimum atomic E-state index is 0.323. The Morgan fingerprint density at radius 3 is 2.47 bits per heavy atom. The van der Waals surface area contributed by atoms with Gasteiger partial charge in [-0.25, -0.2) is 0 Å². The zero-order valence-electron chi connectivity index (χ0n) is 11.0. The van der Waals surface area contributed by atoms with E-state index < -0.39 is 0 Å². The molecule has 17 heavy (non-hydrogen) atoms. The highest BCUT2D eigenvalue weighted by Gasteiger charge is 2.55. The van der Waals surface area contributed by atoms with Gasteiger partial charge in [0.25, 0.3) is 0 Å².